The maximum absolute atomic E-state index is 11.1. The van der Waals surface area contributed by atoms with Gasteiger partial charge < -0.3 is 15.2 Å². The van der Waals surface area contributed by atoms with Crippen molar-refractivity contribution in [3.63, 3.8) is 0 Å². The highest BCUT2D eigenvalue weighted by atomic mass is 16.5. The number of nitrogens with zero attached hydrogens (tertiary/aromatic N) is 2. The third-order valence-corrected chi connectivity index (χ3v) is 2.30. The summed E-state index contributed by atoms with van der Waals surface area (Å²) in [4.78, 5) is 19.0. The lowest BCUT2D eigenvalue weighted by Gasteiger charge is -2.08. The van der Waals surface area contributed by atoms with Crippen LogP contribution < -0.4 is 5.32 Å². The molecule has 0 aliphatic rings. The van der Waals surface area contributed by atoms with Gasteiger partial charge in [0.15, 0.2) is 5.69 Å². The Morgan fingerprint density at radius 1 is 1.53 bits per heavy atom. The van der Waals surface area contributed by atoms with Gasteiger partial charge in [-0.3, -0.25) is 0 Å². The topological polar surface area (TPSA) is 84.3 Å². The fraction of sp³-hybridized carbons (Fsp3) is 0.545. The van der Waals surface area contributed by atoms with E-state index in [4.69, 9.17) is 0 Å². The maximum Gasteiger partial charge on any atom is 0.358 e. The van der Waals surface area contributed by atoms with Gasteiger partial charge in [0, 0.05) is 6.54 Å². The molecule has 17 heavy (non-hydrogen) atoms. The van der Waals surface area contributed by atoms with Crippen molar-refractivity contribution in [1.82, 2.24) is 9.97 Å². The average Bonchev–Trinajstić information content (AvgIpc) is 2.38. The zero-order chi connectivity index (χ0) is 12.7. The van der Waals surface area contributed by atoms with Crippen molar-refractivity contribution >= 4 is 11.8 Å². The first kappa shape index (κ1) is 13.4. The predicted octanol–water partition coefficient (Wildman–Crippen LogP) is 0.836. The SMILES string of the molecule is CCC(O)CCNc1cnc(C(=O)OC)cn1. The molecule has 1 atom stereocenters. The number of esters is 1. The van der Waals surface area contributed by atoms with E-state index in [1.54, 1.807) is 0 Å². The van der Waals surface area contributed by atoms with E-state index in [2.05, 4.69) is 20.0 Å². The van der Waals surface area contributed by atoms with E-state index >= 15 is 0 Å². The quantitative estimate of drug-likeness (QED) is 0.715. The monoisotopic (exact) mass is 239 g/mol. The van der Waals surface area contributed by atoms with E-state index in [0.717, 1.165) is 6.42 Å². The lowest BCUT2D eigenvalue weighted by Crippen LogP contribution is -2.13. The molecule has 1 heterocycles. The lowest BCUT2D eigenvalue weighted by molar-refractivity contribution is 0.0593. The van der Waals surface area contributed by atoms with E-state index in [1.165, 1.54) is 19.5 Å². The molecule has 2 N–H and O–H groups in total. The Bertz CT molecular complexity index is 353. The van der Waals surface area contributed by atoms with Gasteiger partial charge in [-0.1, -0.05) is 6.92 Å². The largest absolute Gasteiger partial charge is 0.464 e. The molecule has 0 radical (unpaired) electrons. The molecule has 94 valence electrons. The van der Waals surface area contributed by atoms with E-state index in [9.17, 15) is 9.90 Å². The summed E-state index contributed by atoms with van der Waals surface area (Å²) in [6.45, 7) is 2.54. The van der Waals surface area contributed by atoms with Crippen molar-refractivity contribution in [3.8, 4) is 0 Å². The fourth-order valence-corrected chi connectivity index (χ4v) is 1.20. The molecule has 1 aromatic heterocycles. The minimum atomic E-state index is -0.509. The molecule has 0 amide bonds. The van der Waals surface area contributed by atoms with Gasteiger partial charge in [-0.2, -0.15) is 0 Å². The Labute approximate surface area is 100 Å². The molecule has 1 rings (SSSR count). The van der Waals surface area contributed by atoms with Crippen LogP contribution in [0, 0.1) is 0 Å². The molecule has 6 nitrogen and oxygen atoms in total. The highest BCUT2D eigenvalue weighted by molar-refractivity contribution is 5.86. The fourth-order valence-electron chi connectivity index (χ4n) is 1.20. The van der Waals surface area contributed by atoms with Crippen molar-refractivity contribution in [2.45, 2.75) is 25.9 Å². The minimum Gasteiger partial charge on any atom is -0.464 e. The van der Waals surface area contributed by atoms with E-state index in [0.29, 0.717) is 18.8 Å². The summed E-state index contributed by atoms with van der Waals surface area (Å²) in [5, 5.41) is 12.4. The Kier molecular flexibility index (Phi) is 5.35. The smallest absolute Gasteiger partial charge is 0.358 e. The number of nitrogens with one attached hydrogen (secondary N) is 1. The molecular weight excluding hydrogens is 222 g/mol. The summed E-state index contributed by atoms with van der Waals surface area (Å²) in [7, 11) is 1.29. The first-order valence-electron chi connectivity index (χ1n) is 5.49. The van der Waals surface area contributed by atoms with Crippen molar-refractivity contribution < 1.29 is 14.6 Å². The van der Waals surface area contributed by atoms with Crippen LogP contribution in [-0.4, -0.2) is 40.8 Å². The molecule has 0 fully saturated rings. The number of hydrogen-bond donors (Lipinski definition) is 2. The summed E-state index contributed by atoms with van der Waals surface area (Å²) >= 11 is 0. The summed E-state index contributed by atoms with van der Waals surface area (Å²) in [5.74, 6) is 0.0615. The highest BCUT2D eigenvalue weighted by Crippen LogP contribution is 2.03. The highest BCUT2D eigenvalue weighted by Gasteiger charge is 2.07. The van der Waals surface area contributed by atoms with Gasteiger partial charge in [0.05, 0.1) is 25.6 Å². The standard InChI is InChI=1S/C11H17N3O3/c1-3-8(15)4-5-12-10-7-13-9(6-14-10)11(16)17-2/h6-8,15H,3-5H2,1-2H3,(H,12,14). The van der Waals surface area contributed by atoms with Gasteiger partial charge in [0.1, 0.15) is 5.82 Å². The number of aliphatic hydroxyl groups is 1. The van der Waals surface area contributed by atoms with Crippen LogP contribution in [0.1, 0.15) is 30.3 Å². The molecule has 0 saturated carbocycles. The predicted molar refractivity (Wildman–Crippen MR) is 62.8 cm³/mol. The van der Waals surface area contributed by atoms with E-state index in [1.807, 2.05) is 6.92 Å². The zero-order valence-corrected chi connectivity index (χ0v) is 10.0. The van der Waals surface area contributed by atoms with E-state index in [-0.39, 0.29) is 11.8 Å². The lowest BCUT2D eigenvalue weighted by atomic mass is 10.2. The molecule has 6 heteroatoms. The van der Waals surface area contributed by atoms with Crippen LogP contribution in [-0.2, 0) is 4.74 Å². The second-order valence-corrected chi connectivity index (χ2v) is 3.56. The van der Waals surface area contributed by atoms with Crippen LogP contribution in [0.2, 0.25) is 0 Å². The number of carbonyl (C=O) groups is 1. The van der Waals surface area contributed by atoms with E-state index < -0.39 is 5.97 Å². The van der Waals surface area contributed by atoms with Crippen LogP contribution in [0.5, 0.6) is 0 Å². The summed E-state index contributed by atoms with van der Waals surface area (Å²) in [5.41, 5.74) is 0.173. The number of hydrogen-bond acceptors (Lipinski definition) is 6. The number of carbonyl (C=O) groups excluding carboxylic acids is 1. The van der Waals surface area contributed by atoms with Crippen molar-refractivity contribution in [1.29, 1.82) is 0 Å². The number of methoxy groups -OCH3 is 1. The Balaban J connectivity index is 2.43. The molecular formula is C11H17N3O3. The van der Waals surface area contributed by atoms with Gasteiger partial charge in [-0.25, -0.2) is 14.8 Å². The third kappa shape index (κ3) is 4.36. The molecule has 1 unspecified atom stereocenters. The molecule has 0 spiro atoms. The van der Waals surface area contributed by atoms with Gasteiger partial charge in [-0.05, 0) is 12.8 Å². The van der Waals surface area contributed by atoms with Crippen molar-refractivity contribution in [3.05, 3.63) is 18.1 Å². The number of aliphatic hydroxyl groups excluding tert-OH is 1. The summed E-state index contributed by atoms with van der Waals surface area (Å²) in [6, 6.07) is 0. The van der Waals surface area contributed by atoms with Crippen LogP contribution in [0.3, 0.4) is 0 Å². The van der Waals surface area contributed by atoms with Gasteiger partial charge in [0.2, 0.25) is 0 Å². The second kappa shape index (κ2) is 6.80. The van der Waals surface area contributed by atoms with Crippen LogP contribution in [0.25, 0.3) is 0 Å². The Morgan fingerprint density at radius 3 is 2.82 bits per heavy atom. The Hall–Kier alpha value is -1.69. The van der Waals surface area contributed by atoms with Gasteiger partial charge in [-0.15, -0.1) is 0 Å². The zero-order valence-electron chi connectivity index (χ0n) is 10.0. The van der Waals surface area contributed by atoms with Crippen LogP contribution in [0.4, 0.5) is 5.82 Å². The van der Waals surface area contributed by atoms with Crippen molar-refractivity contribution in [2.75, 3.05) is 19.0 Å². The van der Waals surface area contributed by atoms with Gasteiger partial charge in [0.25, 0.3) is 0 Å². The number of anilines is 1. The molecule has 0 aliphatic heterocycles. The molecule has 0 aromatic carbocycles. The second-order valence-electron chi connectivity index (χ2n) is 3.56. The number of ether oxygens (including phenoxy) is 1. The summed E-state index contributed by atoms with van der Waals surface area (Å²) in [6.07, 6.45) is 3.89. The maximum atomic E-state index is 11.1. The first-order chi connectivity index (χ1) is 8.17. The average molecular weight is 239 g/mol. The van der Waals surface area contributed by atoms with Crippen LogP contribution in [0.15, 0.2) is 12.4 Å². The number of rotatable bonds is 6. The van der Waals surface area contributed by atoms with Crippen LogP contribution >= 0.6 is 0 Å². The molecule has 0 bridgehead atoms. The minimum absolute atomic E-state index is 0.173. The molecule has 1 aromatic rings. The normalized spacial score (nSPS) is 11.9. The third-order valence-electron chi connectivity index (χ3n) is 2.30. The molecule has 0 aliphatic carbocycles. The summed E-state index contributed by atoms with van der Waals surface area (Å²) < 4.78 is 4.51. The Morgan fingerprint density at radius 2 is 2.29 bits per heavy atom. The van der Waals surface area contributed by atoms with Crippen molar-refractivity contribution in [2.24, 2.45) is 0 Å². The molecule has 0 saturated heterocycles. The number of aromatic nitrogens is 2. The van der Waals surface area contributed by atoms with Gasteiger partial charge >= 0.3 is 5.97 Å². The first-order valence-corrected chi connectivity index (χ1v) is 5.49.